The number of thioether (sulfide) groups is 1. The summed E-state index contributed by atoms with van der Waals surface area (Å²) in [6.45, 7) is 13.0. The quantitative estimate of drug-likeness (QED) is 0.410. The topological polar surface area (TPSA) is 86.6 Å². The second kappa shape index (κ2) is 8.84. The van der Waals surface area contributed by atoms with Crippen molar-refractivity contribution in [2.75, 3.05) is 0 Å². The van der Waals surface area contributed by atoms with Crippen molar-refractivity contribution in [3.63, 3.8) is 0 Å². The fourth-order valence-corrected chi connectivity index (χ4v) is 4.49. The predicted octanol–water partition coefficient (Wildman–Crippen LogP) is 5.32. The largest absolute Gasteiger partial charge is 0.379 e. The van der Waals surface area contributed by atoms with E-state index in [0.29, 0.717) is 5.92 Å². The van der Waals surface area contributed by atoms with E-state index in [-0.39, 0.29) is 21.2 Å². The maximum atomic E-state index is 7.63. The zero-order valence-corrected chi connectivity index (χ0v) is 17.3. The second-order valence-electron chi connectivity index (χ2n) is 8.08. The first kappa shape index (κ1) is 21.7. The van der Waals surface area contributed by atoms with Gasteiger partial charge in [0.05, 0.1) is 0 Å². The van der Waals surface area contributed by atoms with E-state index in [2.05, 4.69) is 53.7 Å². The minimum absolute atomic E-state index is 0.0375. The van der Waals surface area contributed by atoms with Crippen molar-refractivity contribution in [2.45, 2.75) is 76.9 Å². The van der Waals surface area contributed by atoms with E-state index in [1.165, 1.54) is 23.5 Å². The molecule has 1 heterocycles. The van der Waals surface area contributed by atoms with Gasteiger partial charge < -0.3 is 11.1 Å². The molecule has 4 nitrogen and oxygen atoms in total. The molecule has 1 rings (SSSR count). The van der Waals surface area contributed by atoms with E-state index in [9.17, 15) is 0 Å². The number of aromatic nitrogens is 1. The molecule has 0 aromatic carbocycles. The van der Waals surface area contributed by atoms with Gasteiger partial charge in [0.2, 0.25) is 0 Å². The average molecular weight is 363 g/mol. The molecule has 0 aliphatic rings. The molecular weight excluding hydrogens is 328 g/mol. The van der Waals surface area contributed by atoms with Gasteiger partial charge in [-0.25, -0.2) is 0 Å². The van der Waals surface area contributed by atoms with Gasteiger partial charge in [0.25, 0.3) is 0 Å². The number of nitrogens with two attached hydrogens (primary N) is 1. The number of hydrogen-bond donors (Lipinski definition) is 3. The SMILES string of the molecule is CCC(C)(CC(C)(C)c1ccc(C(C)CC(C)C=N)nc1)SC(=N)N. The normalized spacial score (nSPS) is 16.7. The van der Waals surface area contributed by atoms with Crippen LogP contribution in [0.4, 0.5) is 0 Å². The number of amidine groups is 1. The van der Waals surface area contributed by atoms with Gasteiger partial charge in [-0.2, -0.15) is 0 Å². The molecule has 4 N–H and O–H groups in total. The fourth-order valence-electron chi connectivity index (χ4n) is 3.38. The molecule has 0 spiro atoms. The average Bonchev–Trinajstić information content (AvgIpc) is 2.53. The summed E-state index contributed by atoms with van der Waals surface area (Å²) in [5, 5.41) is 15.2. The van der Waals surface area contributed by atoms with Crippen LogP contribution in [0.3, 0.4) is 0 Å². The molecule has 0 amide bonds. The Labute approximate surface area is 157 Å². The Morgan fingerprint density at radius 2 is 1.96 bits per heavy atom. The molecule has 25 heavy (non-hydrogen) atoms. The van der Waals surface area contributed by atoms with Crippen LogP contribution in [0.15, 0.2) is 18.3 Å². The number of nitrogens with one attached hydrogen (secondary N) is 2. The van der Waals surface area contributed by atoms with E-state index in [4.69, 9.17) is 21.5 Å². The Balaban J connectivity index is 2.91. The zero-order valence-electron chi connectivity index (χ0n) is 16.5. The third-order valence-electron chi connectivity index (χ3n) is 5.00. The molecule has 0 aliphatic carbocycles. The van der Waals surface area contributed by atoms with Gasteiger partial charge in [0.1, 0.15) is 0 Å². The van der Waals surface area contributed by atoms with Gasteiger partial charge in [0.15, 0.2) is 5.17 Å². The number of nitrogens with zero attached hydrogens (tertiary/aromatic N) is 1. The van der Waals surface area contributed by atoms with Crippen molar-refractivity contribution in [3.05, 3.63) is 29.6 Å². The predicted molar refractivity (Wildman–Crippen MR) is 111 cm³/mol. The van der Waals surface area contributed by atoms with Crippen LogP contribution in [-0.2, 0) is 5.41 Å². The van der Waals surface area contributed by atoms with Crippen molar-refractivity contribution in [1.82, 2.24) is 4.98 Å². The zero-order chi connectivity index (χ0) is 19.3. The monoisotopic (exact) mass is 362 g/mol. The van der Waals surface area contributed by atoms with Crippen LogP contribution >= 0.6 is 11.8 Å². The van der Waals surface area contributed by atoms with Crippen LogP contribution in [-0.4, -0.2) is 21.1 Å². The maximum absolute atomic E-state index is 7.63. The van der Waals surface area contributed by atoms with Crippen LogP contribution < -0.4 is 5.73 Å². The lowest BCUT2D eigenvalue weighted by Crippen LogP contribution is -2.33. The van der Waals surface area contributed by atoms with E-state index in [1.807, 2.05) is 6.20 Å². The molecule has 3 atom stereocenters. The summed E-state index contributed by atoms with van der Waals surface area (Å²) in [5.41, 5.74) is 7.90. The third kappa shape index (κ3) is 6.46. The third-order valence-corrected chi connectivity index (χ3v) is 6.15. The van der Waals surface area contributed by atoms with Gasteiger partial charge in [-0.3, -0.25) is 10.4 Å². The molecule has 1 aromatic heterocycles. The van der Waals surface area contributed by atoms with Crippen LogP contribution in [0.25, 0.3) is 0 Å². The molecule has 3 unspecified atom stereocenters. The van der Waals surface area contributed by atoms with Gasteiger partial charge in [-0.05, 0) is 61.3 Å². The molecule has 0 aliphatic heterocycles. The van der Waals surface area contributed by atoms with Crippen molar-refractivity contribution in [3.8, 4) is 0 Å². The first-order valence-corrected chi connectivity index (χ1v) is 9.84. The Bertz CT molecular complexity index is 582. The highest BCUT2D eigenvalue weighted by atomic mass is 32.2. The minimum atomic E-state index is -0.0549. The summed E-state index contributed by atoms with van der Waals surface area (Å²) in [7, 11) is 0. The Morgan fingerprint density at radius 3 is 2.40 bits per heavy atom. The smallest absolute Gasteiger partial charge is 0.151 e. The maximum Gasteiger partial charge on any atom is 0.151 e. The molecule has 0 fully saturated rings. The molecule has 1 aromatic rings. The van der Waals surface area contributed by atoms with Crippen LogP contribution in [0.5, 0.6) is 0 Å². The number of hydrogen-bond acceptors (Lipinski definition) is 4. The molecule has 0 bridgehead atoms. The molecule has 140 valence electrons. The van der Waals surface area contributed by atoms with Crippen molar-refractivity contribution < 1.29 is 0 Å². The van der Waals surface area contributed by atoms with E-state index in [1.54, 1.807) is 0 Å². The molecule has 0 saturated carbocycles. The second-order valence-corrected chi connectivity index (χ2v) is 9.71. The highest BCUT2D eigenvalue weighted by Gasteiger charge is 2.34. The molecule has 0 radical (unpaired) electrons. The van der Waals surface area contributed by atoms with Crippen LogP contribution in [0, 0.1) is 16.7 Å². The first-order chi connectivity index (χ1) is 11.5. The van der Waals surface area contributed by atoms with Crippen LogP contribution in [0.2, 0.25) is 0 Å². The number of pyridine rings is 1. The lowest BCUT2D eigenvalue weighted by molar-refractivity contribution is 0.401. The summed E-state index contributed by atoms with van der Waals surface area (Å²) in [6, 6.07) is 4.31. The highest BCUT2D eigenvalue weighted by molar-refractivity contribution is 8.14. The summed E-state index contributed by atoms with van der Waals surface area (Å²) < 4.78 is -0.0549. The summed E-state index contributed by atoms with van der Waals surface area (Å²) in [4.78, 5) is 4.70. The van der Waals surface area contributed by atoms with Crippen molar-refractivity contribution in [1.29, 1.82) is 10.8 Å². The van der Waals surface area contributed by atoms with Gasteiger partial charge in [0, 0.05) is 16.6 Å². The fraction of sp³-hybridized carbons (Fsp3) is 0.650. The Hall–Kier alpha value is -1.36. The van der Waals surface area contributed by atoms with E-state index in [0.717, 1.165) is 25.0 Å². The van der Waals surface area contributed by atoms with Crippen molar-refractivity contribution >= 4 is 23.1 Å². The van der Waals surface area contributed by atoms with Gasteiger partial charge in [-0.15, -0.1) is 0 Å². The summed E-state index contributed by atoms with van der Waals surface area (Å²) in [5.74, 6) is 0.629. The van der Waals surface area contributed by atoms with Gasteiger partial charge in [-0.1, -0.05) is 52.4 Å². The van der Waals surface area contributed by atoms with E-state index >= 15 is 0 Å². The lowest BCUT2D eigenvalue weighted by atomic mass is 9.77. The minimum Gasteiger partial charge on any atom is -0.379 e. The van der Waals surface area contributed by atoms with E-state index < -0.39 is 0 Å². The van der Waals surface area contributed by atoms with Crippen molar-refractivity contribution in [2.24, 2.45) is 11.7 Å². The Morgan fingerprint density at radius 1 is 1.32 bits per heavy atom. The number of rotatable bonds is 9. The van der Waals surface area contributed by atoms with Gasteiger partial charge >= 0.3 is 0 Å². The standard InChI is InChI=1S/C20H34N4S/c1-7-20(6,25-18(22)23)13-19(4,5)16-8-9-17(24-12-16)15(3)10-14(2)11-21/h8-9,11-12,14-15,21H,7,10,13H2,1-6H3,(H3,22,23). The lowest BCUT2D eigenvalue weighted by Gasteiger charge is -2.36. The molecule has 5 heteroatoms. The summed E-state index contributed by atoms with van der Waals surface area (Å²) in [6.07, 6.45) is 6.34. The van der Waals surface area contributed by atoms with Crippen LogP contribution in [0.1, 0.15) is 78.0 Å². The highest BCUT2D eigenvalue weighted by Crippen LogP contribution is 2.41. The first-order valence-electron chi connectivity index (χ1n) is 9.03. The molecule has 0 saturated heterocycles. The molecular formula is C20H34N4S. The Kier molecular flexibility index (Phi) is 7.66. The summed E-state index contributed by atoms with van der Waals surface area (Å²) >= 11 is 1.46.